The van der Waals surface area contributed by atoms with Gasteiger partial charge < -0.3 is 10.4 Å². The molecule has 1 aromatic heterocycles. The van der Waals surface area contributed by atoms with E-state index in [1.165, 1.54) is 0 Å². The second-order valence-corrected chi connectivity index (χ2v) is 4.40. The molecular formula is C15H8N3NaO. The van der Waals surface area contributed by atoms with Crippen LogP contribution < -0.4 is 29.6 Å². The maximum atomic E-state index is 11.1. The Morgan fingerprint density at radius 2 is 1.30 bits per heavy atom. The molecule has 0 saturated heterocycles. The molecule has 2 aromatic carbocycles. The average molecular weight is 269 g/mol. The fourth-order valence-corrected chi connectivity index (χ4v) is 2.47. The molecule has 0 N–H and O–H groups in total. The van der Waals surface area contributed by atoms with Gasteiger partial charge in [-0.2, -0.15) is 0 Å². The van der Waals surface area contributed by atoms with Crippen LogP contribution in [0.1, 0.15) is 11.3 Å². The molecule has 0 bridgehead atoms. The van der Waals surface area contributed by atoms with Gasteiger partial charge in [-0.15, -0.1) is 0 Å². The predicted octanol–water partition coefficient (Wildman–Crippen LogP) is -0.0506. The van der Waals surface area contributed by atoms with Crippen LogP contribution in [0.15, 0.2) is 53.7 Å². The third kappa shape index (κ3) is 1.77. The van der Waals surface area contributed by atoms with E-state index in [1.54, 1.807) is 0 Å². The Balaban J connectivity index is 0.00000121. The molecule has 0 aliphatic heterocycles. The SMILES string of the molecule is [Na+].[O-]N=C1c2ccccc2-c2nc3ccccc3nc21. The zero-order valence-corrected chi connectivity index (χ0v) is 12.9. The van der Waals surface area contributed by atoms with E-state index >= 15 is 0 Å². The van der Waals surface area contributed by atoms with Crippen molar-refractivity contribution in [2.75, 3.05) is 0 Å². The van der Waals surface area contributed by atoms with Gasteiger partial charge in [-0.05, 0) is 12.1 Å². The number of para-hydroxylation sites is 2. The molecule has 1 aliphatic carbocycles. The summed E-state index contributed by atoms with van der Waals surface area (Å²) in [6, 6.07) is 15.2. The normalized spacial score (nSPS) is 13.9. The second-order valence-electron chi connectivity index (χ2n) is 4.40. The fourth-order valence-electron chi connectivity index (χ4n) is 2.47. The second kappa shape index (κ2) is 4.98. The fraction of sp³-hybridized carbons (Fsp3) is 0. The van der Waals surface area contributed by atoms with Crippen LogP contribution in [0.3, 0.4) is 0 Å². The maximum Gasteiger partial charge on any atom is 1.00 e. The van der Waals surface area contributed by atoms with Crippen molar-refractivity contribution in [1.29, 1.82) is 0 Å². The van der Waals surface area contributed by atoms with E-state index < -0.39 is 0 Å². The summed E-state index contributed by atoms with van der Waals surface area (Å²) < 4.78 is 0. The molecule has 90 valence electrons. The van der Waals surface area contributed by atoms with Crippen molar-refractivity contribution < 1.29 is 29.6 Å². The first-order chi connectivity index (χ1) is 9.38. The van der Waals surface area contributed by atoms with E-state index in [0.717, 1.165) is 27.9 Å². The molecule has 3 aromatic rings. The monoisotopic (exact) mass is 269 g/mol. The molecule has 1 aliphatic rings. The van der Waals surface area contributed by atoms with Gasteiger partial charge in [0.1, 0.15) is 5.69 Å². The summed E-state index contributed by atoms with van der Waals surface area (Å²) in [7, 11) is 0. The molecule has 0 atom stereocenters. The van der Waals surface area contributed by atoms with Gasteiger partial charge in [-0.1, -0.05) is 36.4 Å². The van der Waals surface area contributed by atoms with Gasteiger partial charge in [-0.25, -0.2) is 9.97 Å². The minimum absolute atomic E-state index is 0. The summed E-state index contributed by atoms with van der Waals surface area (Å²) in [6.07, 6.45) is 0. The largest absolute Gasteiger partial charge is 1.00 e. The summed E-state index contributed by atoms with van der Waals surface area (Å²) in [5.41, 5.74) is 5.02. The van der Waals surface area contributed by atoms with Gasteiger partial charge in [0.25, 0.3) is 0 Å². The maximum absolute atomic E-state index is 11.1. The van der Waals surface area contributed by atoms with Crippen LogP contribution in [0, 0.1) is 5.21 Å². The Morgan fingerprint density at radius 1 is 0.750 bits per heavy atom. The summed E-state index contributed by atoms with van der Waals surface area (Å²) in [4.78, 5) is 9.14. The number of hydrogen-bond acceptors (Lipinski definition) is 4. The Hall–Kier alpha value is -1.75. The Bertz CT molecular complexity index is 845. The number of aromatic nitrogens is 2. The topological polar surface area (TPSA) is 61.2 Å². The minimum Gasteiger partial charge on any atom is -0.791 e. The van der Waals surface area contributed by atoms with Crippen LogP contribution in [0.4, 0.5) is 0 Å². The molecular weight excluding hydrogens is 261 g/mol. The summed E-state index contributed by atoms with van der Waals surface area (Å²) >= 11 is 0. The molecule has 0 radical (unpaired) electrons. The number of benzene rings is 2. The van der Waals surface area contributed by atoms with E-state index in [-0.39, 0.29) is 29.6 Å². The van der Waals surface area contributed by atoms with Crippen molar-refractivity contribution >= 4 is 16.7 Å². The molecule has 0 spiro atoms. The van der Waals surface area contributed by atoms with Crippen LogP contribution in [0.25, 0.3) is 22.3 Å². The Labute approximate surface area is 137 Å². The molecule has 5 heteroatoms. The van der Waals surface area contributed by atoms with Gasteiger partial charge in [0.05, 0.1) is 22.4 Å². The summed E-state index contributed by atoms with van der Waals surface area (Å²) in [6.45, 7) is 0. The summed E-state index contributed by atoms with van der Waals surface area (Å²) in [5.74, 6) is 0. The average Bonchev–Trinajstić information content (AvgIpc) is 2.78. The van der Waals surface area contributed by atoms with Gasteiger partial charge in [0.15, 0.2) is 0 Å². The van der Waals surface area contributed by atoms with Crippen molar-refractivity contribution in [3.05, 3.63) is 65.0 Å². The third-order valence-electron chi connectivity index (χ3n) is 3.32. The van der Waals surface area contributed by atoms with E-state index in [1.807, 2.05) is 48.5 Å². The van der Waals surface area contributed by atoms with Crippen LogP contribution in [0.5, 0.6) is 0 Å². The standard InChI is InChI=1S/C15H9N3O.Na/c19-18-14-10-6-2-1-5-9(10)13-15(14)17-12-8-4-3-7-11(12)16-13;/h1-8,19H;/q;+1/p-1. The molecule has 4 nitrogen and oxygen atoms in total. The third-order valence-corrected chi connectivity index (χ3v) is 3.32. The molecule has 4 rings (SSSR count). The van der Waals surface area contributed by atoms with Crippen LogP contribution in [0.2, 0.25) is 0 Å². The van der Waals surface area contributed by atoms with Crippen LogP contribution in [-0.4, -0.2) is 15.7 Å². The molecule has 0 amide bonds. The molecule has 20 heavy (non-hydrogen) atoms. The molecule has 0 fully saturated rings. The van der Waals surface area contributed by atoms with Crippen LogP contribution >= 0.6 is 0 Å². The number of nitrogens with zero attached hydrogens (tertiary/aromatic N) is 3. The van der Waals surface area contributed by atoms with Gasteiger partial charge >= 0.3 is 29.6 Å². The van der Waals surface area contributed by atoms with Gasteiger partial charge in [0, 0.05) is 11.1 Å². The number of hydrogen-bond donors (Lipinski definition) is 0. The molecule has 0 unspecified atom stereocenters. The first kappa shape index (κ1) is 13.2. The van der Waals surface area contributed by atoms with Crippen molar-refractivity contribution in [3.8, 4) is 11.3 Å². The van der Waals surface area contributed by atoms with Gasteiger partial charge in [0.2, 0.25) is 0 Å². The smallest absolute Gasteiger partial charge is 0.791 e. The van der Waals surface area contributed by atoms with E-state index in [2.05, 4.69) is 15.1 Å². The van der Waals surface area contributed by atoms with E-state index in [9.17, 15) is 5.21 Å². The zero-order valence-electron chi connectivity index (χ0n) is 10.9. The van der Waals surface area contributed by atoms with Crippen molar-refractivity contribution in [3.63, 3.8) is 0 Å². The quantitative estimate of drug-likeness (QED) is 0.332. The van der Waals surface area contributed by atoms with E-state index in [0.29, 0.717) is 11.4 Å². The Morgan fingerprint density at radius 3 is 1.95 bits per heavy atom. The van der Waals surface area contributed by atoms with Crippen molar-refractivity contribution in [2.45, 2.75) is 0 Å². The number of fused-ring (bicyclic) bond motifs is 4. The van der Waals surface area contributed by atoms with Crippen LogP contribution in [-0.2, 0) is 0 Å². The predicted molar refractivity (Wildman–Crippen MR) is 74.0 cm³/mol. The molecule has 1 heterocycles. The van der Waals surface area contributed by atoms with Crippen molar-refractivity contribution in [2.24, 2.45) is 5.16 Å². The molecule has 0 saturated carbocycles. The first-order valence-corrected chi connectivity index (χ1v) is 5.96. The Kier molecular flexibility index (Phi) is 3.30. The number of rotatable bonds is 0. The van der Waals surface area contributed by atoms with Crippen molar-refractivity contribution in [1.82, 2.24) is 9.97 Å². The first-order valence-electron chi connectivity index (χ1n) is 5.96. The van der Waals surface area contributed by atoms with Gasteiger partial charge in [-0.3, -0.25) is 0 Å². The minimum atomic E-state index is 0. The zero-order chi connectivity index (χ0) is 12.8. The van der Waals surface area contributed by atoms with E-state index in [4.69, 9.17) is 0 Å². The summed E-state index contributed by atoms with van der Waals surface area (Å²) in [5, 5.41) is 14.3.